The zero-order chi connectivity index (χ0) is 11.8. The molecule has 0 unspecified atom stereocenters. The Hall–Kier alpha value is -0.770. The normalized spacial score (nSPS) is 10.6. The Morgan fingerprint density at radius 3 is 2.62 bits per heavy atom. The van der Waals surface area contributed by atoms with Crippen LogP contribution in [0.1, 0.15) is 67.7 Å². The molecule has 0 aliphatic carbocycles. The summed E-state index contributed by atoms with van der Waals surface area (Å²) in [7, 11) is 0. The Morgan fingerprint density at radius 1 is 1.19 bits per heavy atom. The topological polar surface area (TPSA) is 42.9 Å². The van der Waals surface area contributed by atoms with Crippen molar-refractivity contribution in [2.24, 2.45) is 0 Å². The summed E-state index contributed by atoms with van der Waals surface area (Å²) in [5, 5.41) is 3.96. The fraction of sp³-hybridized carbons (Fsp3) is 0.750. The lowest BCUT2D eigenvalue weighted by Crippen LogP contribution is -2.00. The summed E-state index contributed by atoms with van der Waals surface area (Å²) >= 11 is 1.24. The van der Waals surface area contributed by atoms with Gasteiger partial charge in [-0.25, -0.2) is 0 Å². The van der Waals surface area contributed by atoms with E-state index in [4.69, 9.17) is 0 Å². The summed E-state index contributed by atoms with van der Waals surface area (Å²) in [5.41, 5.74) is 0.864. The average molecular weight is 240 g/mol. The van der Waals surface area contributed by atoms with E-state index in [0.717, 1.165) is 29.8 Å². The van der Waals surface area contributed by atoms with Crippen LogP contribution in [0.25, 0.3) is 0 Å². The molecule has 0 fully saturated rings. The van der Waals surface area contributed by atoms with Crippen molar-refractivity contribution in [1.82, 2.24) is 9.59 Å². The van der Waals surface area contributed by atoms with Crippen LogP contribution in [0.15, 0.2) is 0 Å². The van der Waals surface area contributed by atoms with Gasteiger partial charge in [0.2, 0.25) is 0 Å². The van der Waals surface area contributed by atoms with E-state index in [-0.39, 0.29) is 5.78 Å². The molecular weight excluding hydrogens is 220 g/mol. The summed E-state index contributed by atoms with van der Waals surface area (Å²) in [6.07, 6.45) is 7.37. The molecule has 1 heterocycles. The molecule has 1 aromatic rings. The number of hydrogen-bond acceptors (Lipinski definition) is 4. The second-order valence-corrected chi connectivity index (χ2v) is 4.74. The number of carbonyl (C=O) groups is 1. The minimum atomic E-state index is 0.225. The van der Waals surface area contributed by atoms with Gasteiger partial charge in [-0.15, -0.1) is 5.10 Å². The monoisotopic (exact) mass is 240 g/mol. The van der Waals surface area contributed by atoms with Crippen LogP contribution in [-0.4, -0.2) is 15.4 Å². The summed E-state index contributed by atoms with van der Waals surface area (Å²) in [6.45, 7) is 4.20. The number of ketones is 1. The van der Waals surface area contributed by atoms with Crippen molar-refractivity contribution in [1.29, 1.82) is 0 Å². The van der Waals surface area contributed by atoms with Gasteiger partial charge in [0, 0.05) is 6.42 Å². The van der Waals surface area contributed by atoms with Crippen molar-refractivity contribution in [2.75, 3.05) is 0 Å². The molecule has 16 heavy (non-hydrogen) atoms. The van der Waals surface area contributed by atoms with Gasteiger partial charge in [-0.05, 0) is 24.4 Å². The fourth-order valence-corrected chi connectivity index (χ4v) is 2.37. The first-order valence-electron chi connectivity index (χ1n) is 6.14. The highest BCUT2D eigenvalue weighted by Crippen LogP contribution is 2.16. The van der Waals surface area contributed by atoms with Gasteiger partial charge in [0.25, 0.3) is 0 Å². The first kappa shape index (κ1) is 13.3. The van der Waals surface area contributed by atoms with Gasteiger partial charge in [-0.1, -0.05) is 44.0 Å². The van der Waals surface area contributed by atoms with Gasteiger partial charge < -0.3 is 0 Å². The van der Waals surface area contributed by atoms with Crippen LogP contribution in [0.5, 0.6) is 0 Å². The van der Waals surface area contributed by atoms with Gasteiger partial charge in [-0.2, -0.15) is 0 Å². The zero-order valence-electron chi connectivity index (χ0n) is 10.2. The third kappa shape index (κ3) is 4.00. The molecule has 0 spiro atoms. The van der Waals surface area contributed by atoms with Crippen LogP contribution in [0.2, 0.25) is 0 Å². The Bertz CT molecular complexity index is 323. The van der Waals surface area contributed by atoms with E-state index in [1.165, 1.54) is 30.8 Å². The van der Waals surface area contributed by atoms with Crippen LogP contribution >= 0.6 is 11.5 Å². The van der Waals surface area contributed by atoms with Crippen molar-refractivity contribution in [3.05, 3.63) is 10.6 Å². The van der Waals surface area contributed by atoms with Crippen molar-refractivity contribution in [3.8, 4) is 0 Å². The van der Waals surface area contributed by atoms with Gasteiger partial charge in [0.15, 0.2) is 5.78 Å². The van der Waals surface area contributed by atoms with E-state index in [1.807, 2.05) is 6.92 Å². The molecule has 1 rings (SSSR count). The lowest BCUT2D eigenvalue weighted by Gasteiger charge is -1.99. The zero-order valence-corrected chi connectivity index (χ0v) is 11.0. The van der Waals surface area contributed by atoms with Gasteiger partial charge >= 0.3 is 0 Å². The molecule has 0 N–H and O–H groups in total. The molecular formula is C12H20N2OS. The molecule has 3 nitrogen and oxygen atoms in total. The van der Waals surface area contributed by atoms with Crippen molar-refractivity contribution in [3.63, 3.8) is 0 Å². The minimum absolute atomic E-state index is 0.225. The first-order valence-corrected chi connectivity index (χ1v) is 6.91. The number of hydrogen-bond donors (Lipinski definition) is 0. The number of aromatic nitrogens is 2. The van der Waals surface area contributed by atoms with E-state index in [2.05, 4.69) is 16.5 Å². The molecule has 0 saturated carbocycles. The number of unbranched alkanes of at least 4 members (excludes halogenated alkanes) is 4. The van der Waals surface area contributed by atoms with E-state index >= 15 is 0 Å². The molecule has 90 valence electrons. The highest BCUT2D eigenvalue weighted by Gasteiger charge is 2.13. The quantitative estimate of drug-likeness (QED) is 0.514. The maximum atomic E-state index is 11.8. The molecule has 0 bridgehead atoms. The number of nitrogens with zero attached hydrogens (tertiary/aromatic N) is 2. The van der Waals surface area contributed by atoms with Crippen LogP contribution < -0.4 is 0 Å². The van der Waals surface area contributed by atoms with Crippen LogP contribution in [-0.2, 0) is 6.42 Å². The molecule has 0 aromatic carbocycles. The van der Waals surface area contributed by atoms with Gasteiger partial charge in [0.1, 0.15) is 4.88 Å². The summed E-state index contributed by atoms with van der Waals surface area (Å²) in [4.78, 5) is 12.6. The van der Waals surface area contributed by atoms with E-state index in [1.54, 1.807) is 0 Å². The second kappa shape index (κ2) is 7.49. The van der Waals surface area contributed by atoms with E-state index < -0.39 is 0 Å². The summed E-state index contributed by atoms with van der Waals surface area (Å²) in [5.74, 6) is 0.225. The lowest BCUT2D eigenvalue weighted by atomic mass is 10.1. The molecule has 4 heteroatoms. The molecule has 0 amide bonds. The molecule has 1 aromatic heterocycles. The van der Waals surface area contributed by atoms with Crippen molar-refractivity contribution < 1.29 is 4.79 Å². The van der Waals surface area contributed by atoms with Crippen molar-refractivity contribution >= 4 is 17.3 Å². The Morgan fingerprint density at radius 2 is 1.94 bits per heavy atom. The maximum Gasteiger partial charge on any atom is 0.176 e. The smallest absolute Gasteiger partial charge is 0.176 e. The summed E-state index contributed by atoms with van der Waals surface area (Å²) in [6, 6.07) is 0. The molecule has 0 saturated heterocycles. The number of aryl methyl sites for hydroxylation is 1. The number of carbonyl (C=O) groups excluding carboxylic acids is 1. The second-order valence-electron chi connectivity index (χ2n) is 3.99. The predicted molar refractivity (Wildman–Crippen MR) is 67.0 cm³/mol. The largest absolute Gasteiger partial charge is 0.293 e. The first-order chi connectivity index (χ1) is 7.79. The Labute approximate surface area is 101 Å². The lowest BCUT2D eigenvalue weighted by molar-refractivity contribution is 0.0982. The van der Waals surface area contributed by atoms with Crippen LogP contribution in [0.3, 0.4) is 0 Å². The number of Topliss-reactive ketones (excluding diaryl/α,β-unsaturated/α-hetero) is 1. The van der Waals surface area contributed by atoms with Gasteiger partial charge in [-0.3, -0.25) is 4.79 Å². The third-order valence-electron chi connectivity index (χ3n) is 2.65. The Balaban J connectivity index is 2.30. The highest BCUT2D eigenvalue weighted by atomic mass is 32.1. The maximum absolute atomic E-state index is 11.8. The standard InChI is InChI=1S/C12H20N2OS/c1-3-5-6-7-8-9-11(15)12-10(4-2)13-14-16-12/h3-9H2,1-2H3. The SMILES string of the molecule is CCCCCCCC(=O)c1snnc1CC. The highest BCUT2D eigenvalue weighted by molar-refractivity contribution is 7.08. The van der Waals surface area contributed by atoms with E-state index in [9.17, 15) is 4.79 Å². The molecule has 0 radical (unpaired) electrons. The number of rotatable bonds is 8. The van der Waals surface area contributed by atoms with Crippen LogP contribution in [0.4, 0.5) is 0 Å². The molecule has 0 atom stereocenters. The van der Waals surface area contributed by atoms with E-state index in [0.29, 0.717) is 6.42 Å². The Kier molecular flexibility index (Phi) is 6.23. The fourth-order valence-electron chi connectivity index (χ4n) is 1.65. The van der Waals surface area contributed by atoms with Gasteiger partial charge in [0.05, 0.1) is 5.69 Å². The average Bonchev–Trinajstić information content (AvgIpc) is 2.76. The summed E-state index contributed by atoms with van der Waals surface area (Å²) < 4.78 is 3.84. The molecule has 0 aliphatic heterocycles. The predicted octanol–water partition coefficient (Wildman–Crippen LogP) is 3.64. The van der Waals surface area contributed by atoms with Crippen LogP contribution in [0, 0.1) is 0 Å². The minimum Gasteiger partial charge on any atom is -0.293 e. The van der Waals surface area contributed by atoms with Crippen molar-refractivity contribution in [2.45, 2.75) is 58.8 Å². The third-order valence-corrected chi connectivity index (χ3v) is 3.46. The molecule has 0 aliphatic rings.